The molecule has 72 valence electrons. The predicted octanol–water partition coefficient (Wildman–Crippen LogP) is 0.775. The summed E-state index contributed by atoms with van der Waals surface area (Å²) in [5, 5.41) is 11.4. The monoisotopic (exact) mass is 173 g/mol. The van der Waals surface area contributed by atoms with E-state index in [1.165, 1.54) is 0 Å². The molecule has 3 nitrogen and oxygen atoms in total. The molecule has 0 spiro atoms. The number of amides is 1. The van der Waals surface area contributed by atoms with Crippen LogP contribution in [-0.2, 0) is 4.79 Å². The minimum absolute atomic E-state index is 0.00342. The summed E-state index contributed by atoms with van der Waals surface area (Å²) in [6.45, 7) is 7.69. The molecule has 0 saturated heterocycles. The van der Waals surface area contributed by atoms with E-state index in [-0.39, 0.29) is 24.5 Å². The number of aliphatic hydroxyl groups is 1. The van der Waals surface area contributed by atoms with Crippen LogP contribution in [0.3, 0.4) is 0 Å². The van der Waals surface area contributed by atoms with Crippen molar-refractivity contribution in [3.63, 3.8) is 0 Å². The zero-order valence-corrected chi connectivity index (χ0v) is 8.29. The number of aliphatic hydroxyl groups excluding tert-OH is 1. The highest BCUT2D eigenvalue weighted by atomic mass is 16.3. The Labute approximate surface area is 74.2 Å². The van der Waals surface area contributed by atoms with Gasteiger partial charge in [-0.15, -0.1) is 0 Å². The van der Waals surface area contributed by atoms with Gasteiger partial charge < -0.3 is 10.4 Å². The van der Waals surface area contributed by atoms with E-state index in [0.29, 0.717) is 5.92 Å². The summed E-state index contributed by atoms with van der Waals surface area (Å²) in [6.07, 6.45) is 0. The second-order valence-electron chi connectivity index (χ2n) is 3.62. The third kappa shape index (κ3) is 3.72. The standard InChI is InChI=1S/C9H19NO2/c1-6(2)8(4)9(12)10-7(3)5-11/h6-8,11H,5H2,1-4H3,(H,10,12)/t7-,8?/m1/s1. The highest BCUT2D eigenvalue weighted by Crippen LogP contribution is 2.09. The van der Waals surface area contributed by atoms with Crippen LogP contribution in [0.2, 0.25) is 0 Å². The van der Waals surface area contributed by atoms with Gasteiger partial charge in [-0.1, -0.05) is 20.8 Å². The average molecular weight is 173 g/mol. The van der Waals surface area contributed by atoms with E-state index in [1.807, 2.05) is 20.8 Å². The second kappa shape index (κ2) is 5.14. The van der Waals surface area contributed by atoms with Crippen LogP contribution >= 0.6 is 0 Å². The molecule has 0 fully saturated rings. The van der Waals surface area contributed by atoms with Crippen molar-refractivity contribution in [1.29, 1.82) is 0 Å². The van der Waals surface area contributed by atoms with Crippen LogP contribution in [-0.4, -0.2) is 23.7 Å². The summed E-state index contributed by atoms with van der Waals surface area (Å²) < 4.78 is 0. The van der Waals surface area contributed by atoms with Crippen LogP contribution in [0.5, 0.6) is 0 Å². The first-order valence-corrected chi connectivity index (χ1v) is 4.40. The Morgan fingerprint density at radius 1 is 1.33 bits per heavy atom. The predicted molar refractivity (Wildman–Crippen MR) is 48.7 cm³/mol. The minimum atomic E-state index is -0.140. The summed E-state index contributed by atoms with van der Waals surface area (Å²) in [5.41, 5.74) is 0. The van der Waals surface area contributed by atoms with E-state index in [4.69, 9.17) is 5.11 Å². The van der Waals surface area contributed by atoms with Crippen molar-refractivity contribution in [2.75, 3.05) is 6.61 Å². The molecule has 2 atom stereocenters. The van der Waals surface area contributed by atoms with Crippen LogP contribution in [0, 0.1) is 11.8 Å². The van der Waals surface area contributed by atoms with Gasteiger partial charge in [0.05, 0.1) is 6.61 Å². The zero-order valence-electron chi connectivity index (χ0n) is 8.29. The first kappa shape index (κ1) is 11.4. The number of hydrogen-bond donors (Lipinski definition) is 2. The fourth-order valence-corrected chi connectivity index (χ4v) is 0.723. The molecule has 0 aliphatic carbocycles. The number of carbonyl (C=O) groups is 1. The van der Waals surface area contributed by atoms with Crippen molar-refractivity contribution >= 4 is 5.91 Å². The fourth-order valence-electron chi connectivity index (χ4n) is 0.723. The fraction of sp³-hybridized carbons (Fsp3) is 0.889. The van der Waals surface area contributed by atoms with Gasteiger partial charge in [-0.05, 0) is 12.8 Å². The molecular weight excluding hydrogens is 154 g/mol. The Bertz CT molecular complexity index is 145. The molecule has 0 bridgehead atoms. The van der Waals surface area contributed by atoms with Gasteiger partial charge in [0.2, 0.25) is 5.91 Å². The SMILES string of the molecule is CC(C)C(C)C(=O)N[C@H](C)CO. The van der Waals surface area contributed by atoms with Gasteiger partial charge >= 0.3 is 0 Å². The first-order chi connectivity index (χ1) is 5.49. The van der Waals surface area contributed by atoms with E-state index in [9.17, 15) is 4.79 Å². The number of hydrogen-bond acceptors (Lipinski definition) is 2. The molecule has 0 aromatic heterocycles. The lowest BCUT2D eigenvalue weighted by molar-refractivity contribution is -0.126. The van der Waals surface area contributed by atoms with E-state index in [1.54, 1.807) is 6.92 Å². The number of rotatable bonds is 4. The molecule has 0 aromatic carbocycles. The van der Waals surface area contributed by atoms with Crippen molar-refractivity contribution < 1.29 is 9.90 Å². The number of carbonyl (C=O) groups excluding carboxylic acids is 1. The van der Waals surface area contributed by atoms with Gasteiger partial charge in [-0.3, -0.25) is 4.79 Å². The quantitative estimate of drug-likeness (QED) is 0.660. The van der Waals surface area contributed by atoms with Crippen molar-refractivity contribution in [2.24, 2.45) is 11.8 Å². The molecule has 0 heterocycles. The lowest BCUT2D eigenvalue weighted by atomic mass is 9.97. The molecule has 2 N–H and O–H groups in total. The van der Waals surface area contributed by atoms with Crippen LogP contribution in [0.15, 0.2) is 0 Å². The van der Waals surface area contributed by atoms with Crippen LogP contribution in [0.4, 0.5) is 0 Å². The maximum Gasteiger partial charge on any atom is 0.223 e. The largest absolute Gasteiger partial charge is 0.394 e. The molecule has 1 unspecified atom stereocenters. The van der Waals surface area contributed by atoms with Gasteiger partial charge in [0.15, 0.2) is 0 Å². The molecular formula is C9H19NO2. The van der Waals surface area contributed by atoms with E-state index < -0.39 is 0 Å². The Balaban J connectivity index is 3.87. The van der Waals surface area contributed by atoms with Gasteiger partial charge in [0.25, 0.3) is 0 Å². The van der Waals surface area contributed by atoms with Gasteiger partial charge in [-0.25, -0.2) is 0 Å². The maximum atomic E-state index is 11.3. The molecule has 0 radical (unpaired) electrons. The molecule has 3 heteroatoms. The first-order valence-electron chi connectivity index (χ1n) is 4.40. The molecule has 0 rings (SSSR count). The molecule has 1 amide bonds. The van der Waals surface area contributed by atoms with Crippen molar-refractivity contribution in [3.05, 3.63) is 0 Å². The highest BCUT2D eigenvalue weighted by Gasteiger charge is 2.17. The Morgan fingerprint density at radius 3 is 2.17 bits per heavy atom. The van der Waals surface area contributed by atoms with Crippen molar-refractivity contribution in [2.45, 2.75) is 33.7 Å². The Hall–Kier alpha value is -0.570. The zero-order chi connectivity index (χ0) is 9.72. The normalized spacial score (nSPS) is 15.8. The topological polar surface area (TPSA) is 49.3 Å². The van der Waals surface area contributed by atoms with Crippen molar-refractivity contribution in [3.8, 4) is 0 Å². The van der Waals surface area contributed by atoms with E-state index >= 15 is 0 Å². The van der Waals surface area contributed by atoms with Crippen molar-refractivity contribution in [1.82, 2.24) is 5.32 Å². The van der Waals surface area contributed by atoms with E-state index in [2.05, 4.69) is 5.32 Å². The Kier molecular flexibility index (Phi) is 4.90. The molecule has 0 aromatic rings. The van der Waals surface area contributed by atoms with Gasteiger partial charge in [0.1, 0.15) is 0 Å². The molecule has 0 saturated carbocycles. The van der Waals surface area contributed by atoms with Crippen LogP contribution < -0.4 is 5.32 Å². The summed E-state index contributed by atoms with van der Waals surface area (Å²) in [5.74, 6) is 0.376. The third-order valence-corrected chi connectivity index (χ3v) is 2.08. The van der Waals surface area contributed by atoms with Crippen LogP contribution in [0.25, 0.3) is 0 Å². The lowest BCUT2D eigenvalue weighted by Gasteiger charge is -2.18. The average Bonchev–Trinajstić information content (AvgIpc) is 2.02. The lowest BCUT2D eigenvalue weighted by Crippen LogP contribution is -2.39. The third-order valence-electron chi connectivity index (χ3n) is 2.08. The smallest absolute Gasteiger partial charge is 0.223 e. The van der Waals surface area contributed by atoms with E-state index in [0.717, 1.165) is 0 Å². The summed E-state index contributed by atoms with van der Waals surface area (Å²) in [4.78, 5) is 11.3. The second-order valence-corrected chi connectivity index (χ2v) is 3.62. The highest BCUT2D eigenvalue weighted by molar-refractivity contribution is 5.78. The van der Waals surface area contributed by atoms with Crippen LogP contribution in [0.1, 0.15) is 27.7 Å². The number of nitrogens with one attached hydrogen (secondary N) is 1. The summed E-state index contributed by atoms with van der Waals surface area (Å²) in [7, 11) is 0. The molecule has 0 aliphatic heterocycles. The molecule has 0 aliphatic rings. The van der Waals surface area contributed by atoms with Gasteiger partial charge in [0, 0.05) is 12.0 Å². The summed E-state index contributed by atoms with van der Waals surface area (Å²) >= 11 is 0. The summed E-state index contributed by atoms with van der Waals surface area (Å²) in [6, 6.07) is -0.140. The van der Waals surface area contributed by atoms with Gasteiger partial charge in [-0.2, -0.15) is 0 Å². The molecule has 12 heavy (non-hydrogen) atoms. The minimum Gasteiger partial charge on any atom is -0.394 e. The maximum absolute atomic E-state index is 11.3. The Morgan fingerprint density at radius 2 is 1.83 bits per heavy atom.